The maximum Gasteiger partial charge on any atom is 0.0938 e. The first kappa shape index (κ1) is 11.1. The quantitative estimate of drug-likeness (QED) is 0.524. The van der Waals surface area contributed by atoms with E-state index in [4.69, 9.17) is 11.1 Å². The van der Waals surface area contributed by atoms with Gasteiger partial charge in [0.15, 0.2) is 0 Å². The van der Waals surface area contributed by atoms with E-state index in [0.717, 1.165) is 19.4 Å². The fourth-order valence-electron chi connectivity index (χ4n) is 2.34. The summed E-state index contributed by atoms with van der Waals surface area (Å²) in [6.07, 6.45) is 1.93. The number of amidine groups is 1. The van der Waals surface area contributed by atoms with E-state index >= 15 is 0 Å². The molecule has 86 valence electrons. The standard InChI is InChI=1S/C13H19N3/c1-9-3-2-4-10(7-9)12-8-11(13(14)15)5-6-16-12/h2-4,7,11-12,16H,5-6,8H2,1H3,(H3,14,15). The lowest BCUT2D eigenvalue weighted by molar-refractivity contribution is 0.363. The number of nitrogens with one attached hydrogen (secondary N) is 2. The molecule has 1 aliphatic rings. The molecule has 2 unspecified atom stereocenters. The summed E-state index contributed by atoms with van der Waals surface area (Å²) in [5.74, 6) is 0.575. The first-order valence-corrected chi connectivity index (χ1v) is 5.80. The topological polar surface area (TPSA) is 61.9 Å². The van der Waals surface area contributed by atoms with Crippen LogP contribution in [0.3, 0.4) is 0 Å². The SMILES string of the molecule is Cc1cccc(C2CC(C(=N)N)CCN2)c1. The van der Waals surface area contributed by atoms with Crippen molar-refractivity contribution in [3.05, 3.63) is 35.4 Å². The van der Waals surface area contributed by atoms with Crippen LogP contribution in [0.2, 0.25) is 0 Å². The van der Waals surface area contributed by atoms with Crippen LogP contribution in [-0.2, 0) is 0 Å². The van der Waals surface area contributed by atoms with Crippen molar-refractivity contribution in [3.8, 4) is 0 Å². The highest BCUT2D eigenvalue weighted by atomic mass is 14.9. The van der Waals surface area contributed by atoms with Crippen LogP contribution in [0.25, 0.3) is 0 Å². The van der Waals surface area contributed by atoms with Gasteiger partial charge in [-0.05, 0) is 31.9 Å². The molecule has 3 heteroatoms. The van der Waals surface area contributed by atoms with Crippen molar-refractivity contribution in [2.45, 2.75) is 25.8 Å². The van der Waals surface area contributed by atoms with Crippen LogP contribution in [0.1, 0.15) is 30.0 Å². The molecule has 2 atom stereocenters. The van der Waals surface area contributed by atoms with Crippen LogP contribution in [0.4, 0.5) is 0 Å². The predicted molar refractivity (Wildman–Crippen MR) is 66.6 cm³/mol. The molecule has 4 N–H and O–H groups in total. The van der Waals surface area contributed by atoms with Gasteiger partial charge in [-0.1, -0.05) is 29.8 Å². The van der Waals surface area contributed by atoms with Gasteiger partial charge in [0.05, 0.1) is 5.84 Å². The molecule has 0 amide bonds. The molecule has 0 spiro atoms. The molecule has 1 fully saturated rings. The van der Waals surface area contributed by atoms with Crippen LogP contribution in [0.5, 0.6) is 0 Å². The van der Waals surface area contributed by atoms with Crippen molar-refractivity contribution in [2.24, 2.45) is 11.7 Å². The zero-order valence-corrected chi connectivity index (χ0v) is 9.66. The van der Waals surface area contributed by atoms with Crippen LogP contribution in [0, 0.1) is 18.3 Å². The Morgan fingerprint density at radius 3 is 3.00 bits per heavy atom. The Bertz CT molecular complexity index is 387. The normalized spacial score (nSPS) is 25.3. The lowest BCUT2D eigenvalue weighted by Crippen LogP contribution is -2.37. The fourth-order valence-corrected chi connectivity index (χ4v) is 2.34. The summed E-state index contributed by atoms with van der Waals surface area (Å²) >= 11 is 0. The molecular formula is C13H19N3. The smallest absolute Gasteiger partial charge is 0.0938 e. The Labute approximate surface area is 96.6 Å². The summed E-state index contributed by atoms with van der Waals surface area (Å²) in [6, 6.07) is 8.90. The maximum atomic E-state index is 7.53. The van der Waals surface area contributed by atoms with E-state index in [1.807, 2.05) is 0 Å². The Balaban J connectivity index is 2.12. The van der Waals surface area contributed by atoms with Crippen molar-refractivity contribution >= 4 is 5.84 Å². The average molecular weight is 217 g/mol. The molecule has 0 radical (unpaired) electrons. The van der Waals surface area contributed by atoms with Crippen LogP contribution in [-0.4, -0.2) is 12.4 Å². The first-order valence-electron chi connectivity index (χ1n) is 5.80. The third kappa shape index (κ3) is 2.42. The molecule has 1 aliphatic heterocycles. The second-order valence-electron chi connectivity index (χ2n) is 4.60. The maximum absolute atomic E-state index is 7.53. The average Bonchev–Trinajstić information content (AvgIpc) is 2.29. The number of rotatable bonds is 2. The summed E-state index contributed by atoms with van der Waals surface area (Å²) in [6.45, 7) is 3.05. The minimum absolute atomic E-state index is 0.242. The Kier molecular flexibility index (Phi) is 3.25. The van der Waals surface area contributed by atoms with Crippen molar-refractivity contribution in [1.29, 1.82) is 5.41 Å². The van der Waals surface area contributed by atoms with Gasteiger partial charge in [-0.3, -0.25) is 5.41 Å². The summed E-state index contributed by atoms with van der Waals surface area (Å²) in [7, 11) is 0. The molecule has 0 bridgehead atoms. The zero-order valence-electron chi connectivity index (χ0n) is 9.66. The van der Waals surface area contributed by atoms with Gasteiger partial charge in [0.2, 0.25) is 0 Å². The molecule has 0 aromatic heterocycles. The summed E-state index contributed by atoms with van der Waals surface area (Å²) in [5.41, 5.74) is 8.19. The third-order valence-electron chi connectivity index (χ3n) is 3.29. The van der Waals surface area contributed by atoms with E-state index in [1.165, 1.54) is 11.1 Å². The summed E-state index contributed by atoms with van der Waals surface area (Å²) < 4.78 is 0. The minimum atomic E-state index is 0.242. The highest BCUT2D eigenvalue weighted by Gasteiger charge is 2.24. The van der Waals surface area contributed by atoms with Gasteiger partial charge >= 0.3 is 0 Å². The van der Waals surface area contributed by atoms with E-state index in [0.29, 0.717) is 11.9 Å². The number of hydrogen-bond donors (Lipinski definition) is 3. The van der Waals surface area contributed by atoms with E-state index in [9.17, 15) is 0 Å². The van der Waals surface area contributed by atoms with E-state index < -0.39 is 0 Å². The highest BCUT2D eigenvalue weighted by Crippen LogP contribution is 2.27. The van der Waals surface area contributed by atoms with E-state index in [-0.39, 0.29) is 5.92 Å². The van der Waals surface area contributed by atoms with Crippen LogP contribution in [0.15, 0.2) is 24.3 Å². The number of hydrogen-bond acceptors (Lipinski definition) is 2. The monoisotopic (exact) mass is 217 g/mol. The van der Waals surface area contributed by atoms with Gasteiger partial charge in [0, 0.05) is 12.0 Å². The van der Waals surface area contributed by atoms with Crippen LogP contribution >= 0.6 is 0 Å². The third-order valence-corrected chi connectivity index (χ3v) is 3.29. The molecule has 0 aliphatic carbocycles. The van der Waals surface area contributed by atoms with Gasteiger partial charge in [-0.25, -0.2) is 0 Å². The van der Waals surface area contributed by atoms with Crippen LogP contribution < -0.4 is 11.1 Å². The Morgan fingerprint density at radius 2 is 2.31 bits per heavy atom. The Hall–Kier alpha value is -1.35. The number of nitrogens with two attached hydrogens (primary N) is 1. The largest absolute Gasteiger partial charge is 0.387 e. The highest BCUT2D eigenvalue weighted by molar-refractivity contribution is 5.79. The van der Waals surface area contributed by atoms with Crippen molar-refractivity contribution in [3.63, 3.8) is 0 Å². The molecule has 1 heterocycles. The summed E-state index contributed by atoms with van der Waals surface area (Å²) in [5, 5.41) is 11.0. The molecule has 3 nitrogen and oxygen atoms in total. The Morgan fingerprint density at radius 1 is 1.50 bits per heavy atom. The van der Waals surface area contributed by atoms with Gasteiger partial charge < -0.3 is 11.1 Å². The van der Waals surface area contributed by atoms with Gasteiger partial charge in [0.25, 0.3) is 0 Å². The van der Waals surface area contributed by atoms with E-state index in [2.05, 4.69) is 36.5 Å². The van der Waals surface area contributed by atoms with Crippen molar-refractivity contribution in [1.82, 2.24) is 5.32 Å². The van der Waals surface area contributed by atoms with Gasteiger partial charge in [-0.2, -0.15) is 0 Å². The molecule has 1 aromatic carbocycles. The fraction of sp³-hybridized carbons (Fsp3) is 0.462. The second-order valence-corrected chi connectivity index (χ2v) is 4.60. The molecular weight excluding hydrogens is 198 g/mol. The first-order chi connectivity index (χ1) is 7.66. The molecule has 2 rings (SSSR count). The zero-order chi connectivity index (χ0) is 11.5. The molecule has 16 heavy (non-hydrogen) atoms. The van der Waals surface area contributed by atoms with Gasteiger partial charge in [-0.15, -0.1) is 0 Å². The van der Waals surface area contributed by atoms with Crippen molar-refractivity contribution in [2.75, 3.05) is 6.54 Å². The number of benzene rings is 1. The molecule has 1 saturated heterocycles. The minimum Gasteiger partial charge on any atom is -0.387 e. The number of aryl methyl sites for hydroxylation is 1. The number of piperidine rings is 1. The predicted octanol–water partition coefficient (Wildman–Crippen LogP) is 1.97. The second kappa shape index (κ2) is 4.66. The lowest BCUT2D eigenvalue weighted by atomic mass is 9.88. The van der Waals surface area contributed by atoms with Crippen molar-refractivity contribution < 1.29 is 0 Å². The van der Waals surface area contributed by atoms with Gasteiger partial charge in [0.1, 0.15) is 0 Å². The summed E-state index contributed by atoms with van der Waals surface area (Å²) in [4.78, 5) is 0. The molecule has 0 saturated carbocycles. The lowest BCUT2D eigenvalue weighted by Gasteiger charge is -2.30. The van der Waals surface area contributed by atoms with E-state index in [1.54, 1.807) is 0 Å². The molecule has 1 aromatic rings.